The Bertz CT molecular complexity index is 1510. The summed E-state index contributed by atoms with van der Waals surface area (Å²) in [6.07, 6.45) is 5.50. The average molecular weight is 536 g/mol. The molecule has 0 saturated heterocycles. The number of hydrogen-bond acceptors (Lipinski definition) is 7. The van der Waals surface area contributed by atoms with E-state index >= 15 is 0 Å². The lowest BCUT2D eigenvalue weighted by Gasteiger charge is -2.16. The van der Waals surface area contributed by atoms with E-state index in [0.29, 0.717) is 28.6 Å². The highest BCUT2D eigenvalue weighted by atomic mass is 32.2. The van der Waals surface area contributed by atoms with Crippen LogP contribution >= 0.6 is 0 Å². The van der Waals surface area contributed by atoms with Crippen LogP contribution in [0.15, 0.2) is 58.1 Å². The summed E-state index contributed by atoms with van der Waals surface area (Å²) in [7, 11) is -3.84. The lowest BCUT2D eigenvalue weighted by molar-refractivity contribution is 0.293. The molecule has 2 aromatic carbocycles. The second-order valence-electron chi connectivity index (χ2n) is 10.2. The summed E-state index contributed by atoms with van der Waals surface area (Å²) in [6, 6.07) is 13.2. The fraction of sp³-hybridized carbons (Fsp3) is 0.393. The Morgan fingerprint density at radius 2 is 1.92 bits per heavy atom. The van der Waals surface area contributed by atoms with Crippen LogP contribution in [-0.2, 0) is 16.6 Å². The summed E-state index contributed by atoms with van der Waals surface area (Å²) < 4.78 is 43.0. The van der Waals surface area contributed by atoms with Gasteiger partial charge in [0.05, 0.1) is 17.6 Å². The van der Waals surface area contributed by atoms with Crippen LogP contribution in [0.25, 0.3) is 16.8 Å². The van der Waals surface area contributed by atoms with Crippen LogP contribution in [0.5, 0.6) is 5.75 Å². The number of nitrogens with one attached hydrogen (secondary N) is 1. The molecule has 2 aromatic heterocycles. The predicted molar refractivity (Wildman–Crippen MR) is 144 cm³/mol. The van der Waals surface area contributed by atoms with E-state index in [1.165, 1.54) is 5.56 Å². The number of hydrogen-bond donors (Lipinski definition) is 1. The zero-order valence-electron chi connectivity index (χ0n) is 22.1. The molecule has 0 amide bonds. The van der Waals surface area contributed by atoms with Crippen LogP contribution in [0.4, 0.5) is 0 Å². The Balaban J connectivity index is 1.42. The predicted octanol–water partition coefficient (Wildman–Crippen LogP) is 5.46. The SMILES string of the molecule is Cc1noc(C)c1-c1ccc(OCc2cn(-c3cccc(C(C)C)c3)nn2)c(S(=O)(=O)NC2CCCC2)c1. The summed E-state index contributed by atoms with van der Waals surface area (Å²) in [4.78, 5) is 0.0823. The molecular formula is C28H33N5O4S. The number of benzene rings is 2. The maximum atomic E-state index is 13.5. The van der Waals surface area contributed by atoms with Gasteiger partial charge in [0.1, 0.15) is 28.7 Å². The molecule has 1 fully saturated rings. The minimum atomic E-state index is -3.84. The number of rotatable bonds is 9. The molecule has 5 rings (SSSR count). The van der Waals surface area contributed by atoms with Gasteiger partial charge in [-0.1, -0.05) is 55.3 Å². The second-order valence-corrected chi connectivity index (χ2v) is 11.8. The minimum absolute atomic E-state index is 0.0699. The fourth-order valence-electron chi connectivity index (χ4n) is 4.88. The molecule has 0 bridgehead atoms. The monoisotopic (exact) mass is 535 g/mol. The molecule has 10 heteroatoms. The van der Waals surface area contributed by atoms with Crippen molar-refractivity contribution in [2.45, 2.75) is 76.8 Å². The molecule has 0 unspecified atom stereocenters. The highest BCUT2D eigenvalue weighted by Gasteiger charge is 2.27. The standard InChI is InChI=1S/C28H33N5O4S/c1-18(2)21-8-7-11-25(14-21)33-16-24(29-32-33)17-36-26-13-12-22(28-19(3)30-37-20(28)4)15-27(26)38(34,35)31-23-9-5-6-10-23/h7-8,11-16,18,23,31H,5-6,9-10,17H2,1-4H3. The Morgan fingerprint density at radius 3 is 2.63 bits per heavy atom. The van der Waals surface area contributed by atoms with Crippen molar-refractivity contribution >= 4 is 10.0 Å². The number of sulfonamides is 1. The van der Waals surface area contributed by atoms with Crippen LogP contribution in [0, 0.1) is 13.8 Å². The quantitative estimate of drug-likeness (QED) is 0.303. The zero-order valence-corrected chi connectivity index (χ0v) is 23.0. The molecule has 1 aliphatic carbocycles. The summed E-state index contributed by atoms with van der Waals surface area (Å²) in [6.45, 7) is 8.00. The van der Waals surface area contributed by atoms with Gasteiger partial charge in [0, 0.05) is 11.6 Å². The molecule has 9 nitrogen and oxygen atoms in total. The topological polar surface area (TPSA) is 112 Å². The first-order chi connectivity index (χ1) is 18.2. The van der Waals surface area contributed by atoms with Gasteiger partial charge in [-0.15, -0.1) is 5.10 Å². The fourth-order valence-corrected chi connectivity index (χ4v) is 6.36. The van der Waals surface area contributed by atoms with Crippen molar-refractivity contribution in [3.8, 4) is 22.6 Å². The van der Waals surface area contributed by atoms with E-state index in [4.69, 9.17) is 9.26 Å². The van der Waals surface area contributed by atoms with Gasteiger partial charge in [-0.3, -0.25) is 0 Å². The minimum Gasteiger partial charge on any atom is -0.486 e. The molecule has 1 N–H and O–H groups in total. The molecule has 2 heterocycles. The average Bonchev–Trinajstić information content (AvgIpc) is 3.65. The molecule has 1 aliphatic rings. The lowest BCUT2D eigenvalue weighted by Crippen LogP contribution is -2.33. The Hall–Kier alpha value is -3.50. The van der Waals surface area contributed by atoms with E-state index in [0.717, 1.165) is 36.9 Å². The summed E-state index contributed by atoms with van der Waals surface area (Å²) in [5.41, 5.74) is 4.88. The molecule has 4 aromatic rings. The lowest BCUT2D eigenvalue weighted by atomic mass is 10.0. The van der Waals surface area contributed by atoms with Crippen molar-refractivity contribution in [1.82, 2.24) is 24.9 Å². The van der Waals surface area contributed by atoms with Crippen molar-refractivity contribution in [3.05, 3.63) is 71.4 Å². The summed E-state index contributed by atoms with van der Waals surface area (Å²) >= 11 is 0. The van der Waals surface area contributed by atoms with E-state index in [1.807, 2.05) is 32.0 Å². The number of aromatic nitrogens is 4. The third kappa shape index (κ3) is 5.51. The van der Waals surface area contributed by atoms with Gasteiger partial charge in [-0.2, -0.15) is 0 Å². The summed E-state index contributed by atoms with van der Waals surface area (Å²) in [5, 5.41) is 12.5. The molecule has 0 atom stereocenters. The highest BCUT2D eigenvalue weighted by Crippen LogP contribution is 2.34. The van der Waals surface area contributed by atoms with Gasteiger partial charge in [0.25, 0.3) is 0 Å². The number of ether oxygens (including phenoxy) is 1. The van der Waals surface area contributed by atoms with Crippen molar-refractivity contribution in [2.24, 2.45) is 0 Å². The van der Waals surface area contributed by atoms with Gasteiger partial charge in [-0.05, 0) is 68.0 Å². The first kappa shape index (κ1) is 26.1. The zero-order chi connectivity index (χ0) is 26.9. The molecule has 200 valence electrons. The molecule has 1 saturated carbocycles. The third-order valence-corrected chi connectivity index (χ3v) is 8.49. The van der Waals surface area contributed by atoms with E-state index in [9.17, 15) is 8.42 Å². The van der Waals surface area contributed by atoms with E-state index in [-0.39, 0.29) is 23.3 Å². The number of aryl methyl sites for hydroxylation is 2. The van der Waals surface area contributed by atoms with Crippen molar-refractivity contribution in [3.63, 3.8) is 0 Å². The number of nitrogens with zero attached hydrogens (tertiary/aromatic N) is 4. The van der Waals surface area contributed by atoms with Crippen LogP contribution in [-0.4, -0.2) is 34.6 Å². The van der Waals surface area contributed by atoms with Gasteiger partial charge in [0.2, 0.25) is 10.0 Å². The molecular weight excluding hydrogens is 502 g/mol. The van der Waals surface area contributed by atoms with E-state index < -0.39 is 10.0 Å². The van der Waals surface area contributed by atoms with Gasteiger partial charge in [0.15, 0.2) is 0 Å². The van der Waals surface area contributed by atoms with E-state index in [1.54, 1.807) is 23.0 Å². The second kappa shape index (κ2) is 10.7. The van der Waals surface area contributed by atoms with Gasteiger partial charge >= 0.3 is 0 Å². The largest absolute Gasteiger partial charge is 0.486 e. The first-order valence-electron chi connectivity index (χ1n) is 13.0. The Morgan fingerprint density at radius 1 is 1.13 bits per heavy atom. The Kier molecular flexibility index (Phi) is 7.36. The molecule has 0 radical (unpaired) electrons. The van der Waals surface area contributed by atoms with Crippen molar-refractivity contribution in [2.75, 3.05) is 0 Å². The van der Waals surface area contributed by atoms with Crippen molar-refractivity contribution in [1.29, 1.82) is 0 Å². The molecule has 0 aliphatic heterocycles. The Labute approximate surface area is 223 Å². The smallest absolute Gasteiger partial charge is 0.244 e. The molecule has 38 heavy (non-hydrogen) atoms. The maximum absolute atomic E-state index is 13.5. The first-order valence-corrected chi connectivity index (χ1v) is 14.4. The molecule has 0 spiro atoms. The van der Waals surface area contributed by atoms with Crippen LogP contribution in [0.1, 0.15) is 68.2 Å². The van der Waals surface area contributed by atoms with Gasteiger partial charge < -0.3 is 9.26 Å². The van der Waals surface area contributed by atoms with Crippen molar-refractivity contribution < 1.29 is 17.7 Å². The van der Waals surface area contributed by atoms with Gasteiger partial charge in [-0.25, -0.2) is 17.8 Å². The maximum Gasteiger partial charge on any atom is 0.244 e. The normalized spacial score (nSPS) is 14.4. The highest BCUT2D eigenvalue weighted by molar-refractivity contribution is 7.89. The van der Waals surface area contributed by atoms with Crippen LogP contribution in [0.3, 0.4) is 0 Å². The van der Waals surface area contributed by atoms with Crippen LogP contribution in [0.2, 0.25) is 0 Å². The van der Waals surface area contributed by atoms with E-state index in [2.05, 4.69) is 46.2 Å². The third-order valence-electron chi connectivity index (χ3n) is 6.95. The summed E-state index contributed by atoms with van der Waals surface area (Å²) in [5.74, 6) is 1.27. The van der Waals surface area contributed by atoms with Crippen LogP contribution < -0.4 is 9.46 Å².